The Morgan fingerprint density at radius 1 is 1.22 bits per heavy atom. The summed E-state index contributed by atoms with van der Waals surface area (Å²) in [6.45, 7) is 6.71. The highest BCUT2D eigenvalue weighted by molar-refractivity contribution is 5.35. The van der Waals surface area contributed by atoms with Crippen molar-refractivity contribution < 1.29 is 5.11 Å². The van der Waals surface area contributed by atoms with Gasteiger partial charge in [0.25, 0.3) is 0 Å². The first-order valence-corrected chi connectivity index (χ1v) is 7.07. The molecule has 1 fully saturated rings. The van der Waals surface area contributed by atoms with Crippen molar-refractivity contribution in [2.45, 2.75) is 44.9 Å². The van der Waals surface area contributed by atoms with Crippen molar-refractivity contribution in [2.75, 3.05) is 19.7 Å². The van der Waals surface area contributed by atoms with E-state index in [1.54, 1.807) is 0 Å². The molecule has 1 saturated heterocycles. The van der Waals surface area contributed by atoms with Gasteiger partial charge in [0, 0.05) is 18.6 Å². The van der Waals surface area contributed by atoms with Crippen molar-refractivity contribution in [3.63, 3.8) is 0 Å². The molecule has 2 rings (SSSR count). The number of benzene rings is 1. The summed E-state index contributed by atoms with van der Waals surface area (Å²) in [5.74, 6) is 0. The summed E-state index contributed by atoms with van der Waals surface area (Å²) in [4.78, 5) is 0. The fraction of sp³-hybridized carbons (Fsp3) is 0.625. The predicted molar refractivity (Wildman–Crippen MR) is 76.0 cm³/mol. The molecule has 100 valence electrons. The first kappa shape index (κ1) is 13.6. The van der Waals surface area contributed by atoms with Crippen LogP contribution in [-0.4, -0.2) is 24.8 Å². The Hall–Kier alpha value is -0.860. The van der Waals surface area contributed by atoms with Crippen LogP contribution in [0.15, 0.2) is 18.2 Å². The summed E-state index contributed by atoms with van der Waals surface area (Å²) in [5.41, 5.74) is 4.23. The molecule has 18 heavy (non-hydrogen) atoms. The largest absolute Gasteiger partial charge is 0.396 e. The van der Waals surface area contributed by atoms with Crippen molar-refractivity contribution >= 4 is 0 Å². The molecular weight excluding hydrogens is 222 g/mol. The highest BCUT2D eigenvalue weighted by atomic mass is 16.3. The van der Waals surface area contributed by atoms with E-state index in [0.29, 0.717) is 0 Å². The molecule has 1 aliphatic rings. The van der Waals surface area contributed by atoms with Gasteiger partial charge in [-0.15, -0.1) is 0 Å². The molecule has 0 aliphatic carbocycles. The van der Waals surface area contributed by atoms with E-state index in [1.807, 2.05) is 0 Å². The van der Waals surface area contributed by atoms with Gasteiger partial charge in [-0.05, 0) is 56.3 Å². The standard InChI is InChI=1S/C16H25NO/c1-13-5-6-15(11-14(13)2)16(8-10-18)7-3-4-9-17-12-16/h5-6,11,17-18H,3-4,7-10,12H2,1-2H3. The lowest BCUT2D eigenvalue weighted by atomic mass is 9.74. The zero-order valence-corrected chi connectivity index (χ0v) is 11.6. The molecule has 2 heteroatoms. The smallest absolute Gasteiger partial charge is 0.0440 e. The number of hydrogen-bond donors (Lipinski definition) is 2. The topological polar surface area (TPSA) is 32.3 Å². The molecular formula is C16H25NO. The van der Waals surface area contributed by atoms with Crippen LogP contribution in [0, 0.1) is 13.8 Å². The second-order valence-corrected chi connectivity index (χ2v) is 5.69. The Kier molecular flexibility index (Phi) is 4.41. The first-order chi connectivity index (χ1) is 8.68. The number of aliphatic hydroxyl groups excluding tert-OH is 1. The summed E-state index contributed by atoms with van der Waals surface area (Å²) in [6, 6.07) is 6.79. The van der Waals surface area contributed by atoms with Crippen LogP contribution in [0.4, 0.5) is 0 Å². The molecule has 2 N–H and O–H groups in total. The molecule has 0 bridgehead atoms. The Bertz CT molecular complexity index is 392. The maximum Gasteiger partial charge on any atom is 0.0440 e. The number of hydrogen-bond acceptors (Lipinski definition) is 2. The van der Waals surface area contributed by atoms with Gasteiger partial charge in [-0.1, -0.05) is 24.6 Å². The fourth-order valence-corrected chi connectivity index (χ4v) is 3.02. The maximum absolute atomic E-state index is 9.43. The van der Waals surface area contributed by atoms with E-state index in [2.05, 4.69) is 37.4 Å². The molecule has 1 heterocycles. The minimum atomic E-state index is 0.129. The molecule has 1 atom stereocenters. The zero-order chi connectivity index (χ0) is 13.0. The molecule has 1 aromatic rings. The fourth-order valence-electron chi connectivity index (χ4n) is 3.02. The number of aryl methyl sites for hydroxylation is 2. The summed E-state index contributed by atoms with van der Waals surface area (Å²) in [6.07, 6.45) is 4.55. The summed E-state index contributed by atoms with van der Waals surface area (Å²) in [7, 11) is 0. The molecule has 0 amide bonds. The van der Waals surface area contributed by atoms with E-state index in [1.165, 1.54) is 36.0 Å². The molecule has 1 aliphatic heterocycles. The second-order valence-electron chi connectivity index (χ2n) is 5.69. The van der Waals surface area contributed by atoms with Crippen molar-refractivity contribution in [2.24, 2.45) is 0 Å². The lowest BCUT2D eigenvalue weighted by molar-refractivity contribution is 0.228. The van der Waals surface area contributed by atoms with E-state index in [-0.39, 0.29) is 12.0 Å². The van der Waals surface area contributed by atoms with Gasteiger partial charge in [-0.3, -0.25) is 0 Å². The normalized spacial score (nSPS) is 24.8. The number of rotatable bonds is 3. The summed E-state index contributed by atoms with van der Waals surface area (Å²) < 4.78 is 0. The summed E-state index contributed by atoms with van der Waals surface area (Å²) in [5, 5.41) is 13.0. The Morgan fingerprint density at radius 3 is 2.78 bits per heavy atom. The van der Waals surface area contributed by atoms with Crippen LogP contribution in [0.1, 0.15) is 42.4 Å². The van der Waals surface area contributed by atoms with E-state index >= 15 is 0 Å². The Labute approximate surface area is 110 Å². The predicted octanol–water partition coefficient (Wildman–Crippen LogP) is 2.70. The van der Waals surface area contributed by atoms with Gasteiger partial charge in [0.2, 0.25) is 0 Å². The van der Waals surface area contributed by atoms with Gasteiger partial charge in [0.1, 0.15) is 0 Å². The monoisotopic (exact) mass is 247 g/mol. The lowest BCUT2D eigenvalue weighted by Gasteiger charge is -2.33. The van der Waals surface area contributed by atoms with Gasteiger partial charge in [0.05, 0.1) is 0 Å². The number of nitrogens with one attached hydrogen (secondary N) is 1. The molecule has 0 saturated carbocycles. The Morgan fingerprint density at radius 2 is 2.06 bits per heavy atom. The highest BCUT2D eigenvalue weighted by Gasteiger charge is 2.32. The van der Waals surface area contributed by atoms with Crippen LogP contribution in [0.25, 0.3) is 0 Å². The van der Waals surface area contributed by atoms with Gasteiger partial charge in [-0.25, -0.2) is 0 Å². The molecule has 0 spiro atoms. The van der Waals surface area contributed by atoms with Crippen LogP contribution in [0.3, 0.4) is 0 Å². The van der Waals surface area contributed by atoms with Gasteiger partial charge in [0.15, 0.2) is 0 Å². The average Bonchev–Trinajstić information content (AvgIpc) is 2.60. The zero-order valence-electron chi connectivity index (χ0n) is 11.6. The van der Waals surface area contributed by atoms with Crippen LogP contribution in [-0.2, 0) is 5.41 Å². The van der Waals surface area contributed by atoms with Crippen LogP contribution >= 0.6 is 0 Å². The molecule has 2 nitrogen and oxygen atoms in total. The number of aliphatic hydroxyl groups is 1. The average molecular weight is 247 g/mol. The maximum atomic E-state index is 9.43. The Balaban J connectivity index is 2.35. The SMILES string of the molecule is Cc1ccc(C2(CCO)CCCCNC2)cc1C. The summed E-state index contributed by atoms with van der Waals surface area (Å²) >= 11 is 0. The van der Waals surface area contributed by atoms with E-state index in [4.69, 9.17) is 0 Å². The highest BCUT2D eigenvalue weighted by Crippen LogP contribution is 2.35. The quantitative estimate of drug-likeness (QED) is 0.860. The van der Waals surface area contributed by atoms with Crippen LogP contribution < -0.4 is 5.32 Å². The third-order valence-electron chi connectivity index (χ3n) is 4.43. The molecule has 0 aromatic heterocycles. The first-order valence-electron chi connectivity index (χ1n) is 7.07. The van der Waals surface area contributed by atoms with Crippen molar-refractivity contribution in [3.8, 4) is 0 Å². The van der Waals surface area contributed by atoms with E-state index < -0.39 is 0 Å². The van der Waals surface area contributed by atoms with Crippen molar-refractivity contribution in [1.82, 2.24) is 5.32 Å². The third-order valence-corrected chi connectivity index (χ3v) is 4.43. The van der Waals surface area contributed by atoms with Crippen molar-refractivity contribution in [3.05, 3.63) is 34.9 Å². The third kappa shape index (κ3) is 2.76. The van der Waals surface area contributed by atoms with Crippen molar-refractivity contribution in [1.29, 1.82) is 0 Å². The van der Waals surface area contributed by atoms with E-state index in [0.717, 1.165) is 19.5 Å². The minimum absolute atomic E-state index is 0.129. The minimum Gasteiger partial charge on any atom is -0.396 e. The van der Waals surface area contributed by atoms with Gasteiger partial charge >= 0.3 is 0 Å². The molecule has 1 unspecified atom stereocenters. The lowest BCUT2D eigenvalue weighted by Crippen LogP contribution is -2.37. The van der Waals surface area contributed by atoms with Crippen LogP contribution in [0.5, 0.6) is 0 Å². The van der Waals surface area contributed by atoms with Gasteiger partial charge < -0.3 is 10.4 Å². The second kappa shape index (κ2) is 5.85. The molecule has 0 radical (unpaired) electrons. The van der Waals surface area contributed by atoms with E-state index in [9.17, 15) is 5.11 Å². The van der Waals surface area contributed by atoms with Crippen LogP contribution in [0.2, 0.25) is 0 Å². The van der Waals surface area contributed by atoms with Gasteiger partial charge in [-0.2, -0.15) is 0 Å². The molecule has 1 aromatic carbocycles.